The summed E-state index contributed by atoms with van der Waals surface area (Å²) in [4.78, 5) is 37.0. The van der Waals surface area contributed by atoms with Crippen LogP contribution in [0.4, 0.5) is 0 Å². The largest absolute Gasteiger partial charge is 0.472 e. The van der Waals surface area contributed by atoms with Crippen LogP contribution in [0.3, 0.4) is 0 Å². The lowest BCUT2D eigenvalue weighted by molar-refractivity contribution is -0.161. The maximum absolute atomic E-state index is 12.7. The summed E-state index contributed by atoms with van der Waals surface area (Å²) in [6.45, 7) is 4.26. The highest BCUT2D eigenvalue weighted by Crippen LogP contribution is 2.43. The van der Waals surface area contributed by atoms with E-state index >= 15 is 0 Å². The van der Waals surface area contributed by atoms with Gasteiger partial charge in [0, 0.05) is 19.4 Å². The van der Waals surface area contributed by atoms with Crippen LogP contribution in [0.5, 0.6) is 0 Å². The van der Waals surface area contributed by atoms with E-state index in [4.69, 9.17) is 18.5 Å². The number of unbranched alkanes of at least 4 members (excludes halogenated alkanes) is 21. The van der Waals surface area contributed by atoms with Gasteiger partial charge in [0.2, 0.25) is 0 Å². The molecule has 0 aliphatic rings. The van der Waals surface area contributed by atoms with Crippen LogP contribution in [0.25, 0.3) is 0 Å². The van der Waals surface area contributed by atoms with Gasteiger partial charge in [0.15, 0.2) is 6.10 Å². The summed E-state index contributed by atoms with van der Waals surface area (Å²) in [6, 6.07) is 0. The normalized spacial score (nSPS) is 13.7. The zero-order valence-corrected chi connectivity index (χ0v) is 36.8. The molecule has 0 saturated carbocycles. The molecule has 322 valence electrons. The summed E-state index contributed by atoms with van der Waals surface area (Å²) < 4.78 is 33.4. The van der Waals surface area contributed by atoms with Crippen molar-refractivity contribution in [2.24, 2.45) is 0 Å². The number of likely N-dealkylation sites (N-methyl/N-ethyl adjacent to an activating group) is 1. The Labute approximate surface area is 338 Å². The Bertz CT molecular complexity index is 1010. The summed E-state index contributed by atoms with van der Waals surface area (Å²) in [6.07, 6.45) is 43.3. The molecular weight excluding hydrogens is 713 g/mol. The highest BCUT2D eigenvalue weighted by molar-refractivity contribution is 7.47. The Balaban J connectivity index is 4.32. The fourth-order valence-electron chi connectivity index (χ4n) is 5.99. The summed E-state index contributed by atoms with van der Waals surface area (Å²) in [5, 5.41) is 0. The number of allylic oxidation sites excluding steroid dienone is 6. The molecule has 0 heterocycles. The van der Waals surface area contributed by atoms with E-state index in [9.17, 15) is 19.0 Å². The van der Waals surface area contributed by atoms with Gasteiger partial charge in [-0.1, -0.05) is 166 Å². The molecule has 0 bridgehead atoms. The van der Waals surface area contributed by atoms with E-state index in [1.165, 1.54) is 109 Å². The number of hydrogen-bond donors (Lipinski definition) is 1. The van der Waals surface area contributed by atoms with Gasteiger partial charge in [0.05, 0.1) is 13.2 Å². The quantitative estimate of drug-likeness (QED) is 0.0280. The zero-order valence-electron chi connectivity index (χ0n) is 35.9. The second-order valence-electron chi connectivity index (χ2n) is 15.2. The number of rotatable bonds is 41. The average molecular weight is 798 g/mol. The molecule has 0 spiro atoms. The third-order valence-electron chi connectivity index (χ3n) is 9.45. The van der Waals surface area contributed by atoms with Gasteiger partial charge in [-0.25, -0.2) is 4.57 Å². The van der Waals surface area contributed by atoms with Crippen molar-refractivity contribution in [3.8, 4) is 0 Å². The second kappa shape index (κ2) is 40.4. The zero-order chi connectivity index (χ0) is 40.5. The van der Waals surface area contributed by atoms with E-state index in [2.05, 4.69) is 50.3 Å². The van der Waals surface area contributed by atoms with Gasteiger partial charge < -0.3 is 19.3 Å². The first-order valence-corrected chi connectivity index (χ1v) is 23.8. The summed E-state index contributed by atoms with van der Waals surface area (Å²) in [5.41, 5.74) is 0. The summed E-state index contributed by atoms with van der Waals surface area (Å²) in [7, 11) is -0.724. The molecule has 2 unspecified atom stereocenters. The van der Waals surface area contributed by atoms with Gasteiger partial charge in [-0.05, 0) is 65.5 Å². The Morgan fingerprint density at radius 3 is 1.49 bits per heavy atom. The molecule has 0 aliphatic heterocycles. The average Bonchev–Trinajstić information content (AvgIpc) is 3.15. The molecule has 0 aromatic carbocycles. The molecule has 10 heteroatoms. The van der Waals surface area contributed by atoms with Crippen LogP contribution >= 0.6 is 7.82 Å². The van der Waals surface area contributed by atoms with Crippen molar-refractivity contribution in [1.82, 2.24) is 4.90 Å². The SMILES string of the molecule is CCCCC/C=C\C/C=C\C/C=C\CCCCC(=O)OCC(COP(=O)(O)OCCN(C)C)OC(=O)CCCCCCCCCCCCCCCCCCC. The Kier molecular flexibility index (Phi) is 39.1. The minimum atomic E-state index is -4.37. The van der Waals surface area contributed by atoms with Gasteiger partial charge in [0.25, 0.3) is 0 Å². The third-order valence-corrected chi connectivity index (χ3v) is 10.4. The van der Waals surface area contributed by atoms with Gasteiger partial charge in [0.1, 0.15) is 6.61 Å². The summed E-state index contributed by atoms with van der Waals surface area (Å²) in [5.74, 6) is -0.842. The fourth-order valence-corrected chi connectivity index (χ4v) is 6.73. The van der Waals surface area contributed by atoms with Crippen molar-refractivity contribution in [3.63, 3.8) is 0 Å². The number of esters is 2. The van der Waals surface area contributed by atoms with Crippen molar-refractivity contribution in [1.29, 1.82) is 0 Å². The third kappa shape index (κ3) is 41.7. The molecule has 0 amide bonds. The van der Waals surface area contributed by atoms with Gasteiger partial charge >= 0.3 is 19.8 Å². The highest BCUT2D eigenvalue weighted by atomic mass is 31.2. The molecule has 0 rings (SSSR count). The molecule has 0 radical (unpaired) electrons. The monoisotopic (exact) mass is 798 g/mol. The van der Waals surface area contributed by atoms with E-state index in [0.717, 1.165) is 44.9 Å². The lowest BCUT2D eigenvalue weighted by atomic mass is 10.0. The standard InChI is InChI=1S/C45H84NO8P/c1-5-7-9-11-13-15-17-19-21-22-24-26-28-30-32-34-36-38-45(48)54-43(42-53-55(49,50)52-40-39-46(3)4)41-51-44(47)37-35-33-31-29-27-25-23-20-18-16-14-12-10-8-6-2/h14,16,20,23,27,29,43H,5-13,15,17-19,21-22,24-26,28,30-42H2,1-4H3,(H,49,50)/b16-14-,23-20-,29-27-. The van der Waals surface area contributed by atoms with Gasteiger partial charge in [-0.15, -0.1) is 0 Å². The van der Waals surface area contributed by atoms with Crippen molar-refractivity contribution in [2.45, 2.75) is 200 Å². The smallest absolute Gasteiger partial charge is 0.462 e. The number of phosphoric acid groups is 1. The molecule has 0 fully saturated rings. The van der Waals surface area contributed by atoms with Crippen LogP contribution in [0.2, 0.25) is 0 Å². The van der Waals surface area contributed by atoms with Gasteiger partial charge in [-0.2, -0.15) is 0 Å². The second-order valence-corrected chi connectivity index (χ2v) is 16.7. The maximum Gasteiger partial charge on any atom is 0.472 e. The molecule has 0 aliphatic carbocycles. The van der Waals surface area contributed by atoms with E-state index in [1.54, 1.807) is 0 Å². The molecular formula is C45H84NO8P. The molecule has 0 aromatic heterocycles. The van der Waals surface area contributed by atoms with Crippen molar-refractivity contribution in [3.05, 3.63) is 36.5 Å². The predicted octanol–water partition coefficient (Wildman–Crippen LogP) is 12.8. The van der Waals surface area contributed by atoms with Crippen LogP contribution in [0.15, 0.2) is 36.5 Å². The first kappa shape index (κ1) is 53.2. The number of carbonyl (C=O) groups is 2. The molecule has 9 nitrogen and oxygen atoms in total. The Morgan fingerprint density at radius 2 is 0.982 bits per heavy atom. The van der Waals surface area contributed by atoms with Gasteiger partial charge in [-0.3, -0.25) is 18.6 Å². The predicted molar refractivity (Wildman–Crippen MR) is 229 cm³/mol. The van der Waals surface area contributed by atoms with Crippen LogP contribution in [0, 0.1) is 0 Å². The first-order valence-electron chi connectivity index (χ1n) is 22.3. The van der Waals surface area contributed by atoms with E-state index in [0.29, 0.717) is 19.4 Å². The van der Waals surface area contributed by atoms with E-state index < -0.39 is 32.5 Å². The number of nitrogens with zero attached hydrogens (tertiary/aromatic N) is 1. The number of carbonyl (C=O) groups excluding carboxylic acids is 2. The van der Waals surface area contributed by atoms with Crippen molar-refractivity contribution < 1.29 is 37.6 Å². The number of ether oxygens (including phenoxy) is 2. The number of hydrogen-bond acceptors (Lipinski definition) is 8. The van der Waals surface area contributed by atoms with Crippen LogP contribution < -0.4 is 0 Å². The van der Waals surface area contributed by atoms with Crippen molar-refractivity contribution >= 4 is 19.8 Å². The fraction of sp³-hybridized carbons (Fsp3) is 0.822. The van der Waals surface area contributed by atoms with E-state index in [-0.39, 0.29) is 26.1 Å². The van der Waals surface area contributed by atoms with Crippen LogP contribution in [0.1, 0.15) is 194 Å². The minimum Gasteiger partial charge on any atom is -0.462 e. The highest BCUT2D eigenvalue weighted by Gasteiger charge is 2.26. The molecule has 55 heavy (non-hydrogen) atoms. The lowest BCUT2D eigenvalue weighted by Gasteiger charge is -2.20. The molecule has 0 saturated heterocycles. The summed E-state index contributed by atoms with van der Waals surface area (Å²) >= 11 is 0. The molecule has 2 atom stereocenters. The van der Waals surface area contributed by atoms with Crippen LogP contribution in [-0.2, 0) is 32.7 Å². The first-order chi connectivity index (χ1) is 26.7. The van der Waals surface area contributed by atoms with Crippen molar-refractivity contribution in [2.75, 3.05) is 40.5 Å². The molecule has 0 aromatic rings. The molecule has 1 N–H and O–H groups in total. The topological polar surface area (TPSA) is 112 Å². The van der Waals surface area contributed by atoms with Crippen LogP contribution in [-0.4, -0.2) is 68.3 Å². The Hall–Kier alpha value is -1.77. The Morgan fingerprint density at radius 1 is 0.564 bits per heavy atom. The maximum atomic E-state index is 12.7. The number of phosphoric ester groups is 1. The minimum absolute atomic E-state index is 0.00225. The lowest BCUT2D eigenvalue weighted by Crippen LogP contribution is -2.29. The van der Waals surface area contributed by atoms with E-state index in [1.807, 2.05) is 19.0 Å².